The van der Waals surface area contributed by atoms with Crippen LogP contribution in [0.4, 0.5) is 21.3 Å². The number of carbonyl (C=O) groups is 1. The minimum absolute atomic E-state index is 0.000591. The van der Waals surface area contributed by atoms with E-state index in [4.69, 9.17) is 0 Å². The van der Waals surface area contributed by atoms with Gasteiger partial charge in [0.2, 0.25) is 0 Å². The highest BCUT2D eigenvalue weighted by molar-refractivity contribution is 7.14. The lowest BCUT2D eigenvalue weighted by atomic mass is 10.1. The molecule has 9 heteroatoms. The molecule has 0 bridgehead atoms. The minimum atomic E-state index is -0.434. The zero-order valence-corrected chi connectivity index (χ0v) is 18.8. The summed E-state index contributed by atoms with van der Waals surface area (Å²) in [4.78, 5) is 30.0. The van der Waals surface area contributed by atoms with Crippen LogP contribution in [0.5, 0.6) is 0 Å². The molecule has 1 aromatic heterocycles. The van der Waals surface area contributed by atoms with E-state index < -0.39 is 4.92 Å². The number of benzene rings is 2. The molecule has 0 saturated carbocycles. The zero-order valence-electron chi connectivity index (χ0n) is 18.0. The quantitative estimate of drug-likeness (QED) is 0.331. The summed E-state index contributed by atoms with van der Waals surface area (Å²) in [6.45, 7) is 3.27. The summed E-state index contributed by atoms with van der Waals surface area (Å²) in [5.74, 6) is 0. The van der Waals surface area contributed by atoms with Gasteiger partial charge in [-0.1, -0.05) is 24.3 Å². The van der Waals surface area contributed by atoms with Crippen LogP contribution < -0.4 is 10.2 Å². The molecule has 0 atom stereocenters. The number of likely N-dealkylation sites (N-methyl/N-ethyl adjacent to an activating group) is 1. The topological polar surface area (TPSA) is 88.4 Å². The van der Waals surface area contributed by atoms with Gasteiger partial charge in [-0.05, 0) is 24.6 Å². The fraction of sp³-hybridized carbons (Fsp3) is 0.273. The molecule has 162 valence electrons. The molecule has 2 aromatic carbocycles. The van der Waals surface area contributed by atoms with Crippen LogP contribution >= 0.6 is 11.3 Å². The van der Waals surface area contributed by atoms with Crippen LogP contribution in [-0.4, -0.2) is 54.7 Å². The first kappa shape index (κ1) is 22.4. The number of urea groups is 1. The molecule has 0 aliphatic heterocycles. The third-order valence-corrected chi connectivity index (χ3v) is 5.38. The van der Waals surface area contributed by atoms with Crippen LogP contribution in [0.1, 0.15) is 5.56 Å². The van der Waals surface area contributed by atoms with Gasteiger partial charge in [0.05, 0.1) is 50.5 Å². The lowest BCUT2D eigenvalue weighted by Crippen LogP contribution is -2.45. The average Bonchev–Trinajstić information content (AvgIpc) is 3.17. The Morgan fingerprint density at radius 3 is 2.61 bits per heavy atom. The standard InChI is InChI=1S/C22H25N5O3S/c1-16-7-5-9-18(13-16)25(21(28)23-11-12-27(2,3)4)22-24-20(15-31-22)17-8-6-10-19(14-17)26(29)30/h5-10,13-15H,11-12H2,1-4H3/p+1. The summed E-state index contributed by atoms with van der Waals surface area (Å²) < 4.78 is 0.735. The average molecular weight is 441 g/mol. The number of carbonyl (C=O) groups excluding carboxylic acids is 1. The molecule has 8 nitrogen and oxygen atoms in total. The molecule has 0 aliphatic carbocycles. The number of thiazole rings is 1. The number of aryl methyl sites for hydroxylation is 1. The first-order valence-electron chi connectivity index (χ1n) is 9.79. The summed E-state index contributed by atoms with van der Waals surface area (Å²) in [7, 11) is 6.20. The van der Waals surface area contributed by atoms with Gasteiger partial charge in [-0.25, -0.2) is 14.7 Å². The molecule has 3 aromatic rings. The molecule has 1 N–H and O–H groups in total. The second-order valence-electron chi connectivity index (χ2n) is 8.24. The molecule has 1 heterocycles. The Balaban J connectivity index is 1.92. The molecular formula is C22H26N5O3S+. The monoisotopic (exact) mass is 440 g/mol. The van der Waals surface area contributed by atoms with E-state index in [-0.39, 0.29) is 11.7 Å². The number of rotatable bonds is 7. The van der Waals surface area contributed by atoms with E-state index in [1.54, 1.807) is 22.4 Å². The lowest BCUT2D eigenvalue weighted by Gasteiger charge is -2.25. The third kappa shape index (κ3) is 5.87. The molecular weight excluding hydrogens is 414 g/mol. The van der Waals surface area contributed by atoms with Gasteiger partial charge >= 0.3 is 6.03 Å². The fourth-order valence-corrected chi connectivity index (χ4v) is 3.79. The maximum atomic E-state index is 13.1. The van der Waals surface area contributed by atoms with Crippen LogP contribution in [0.3, 0.4) is 0 Å². The van der Waals surface area contributed by atoms with Crippen molar-refractivity contribution >= 4 is 33.9 Å². The number of non-ortho nitro benzene ring substituents is 1. The predicted octanol–water partition coefficient (Wildman–Crippen LogP) is 4.58. The van der Waals surface area contributed by atoms with Gasteiger partial charge < -0.3 is 9.80 Å². The number of hydrogen-bond acceptors (Lipinski definition) is 5. The summed E-state index contributed by atoms with van der Waals surface area (Å²) in [6.07, 6.45) is 0. The molecule has 0 saturated heterocycles. The van der Waals surface area contributed by atoms with Crippen molar-refractivity contribution in [3.63, 3.8) is 0 Å². The third-order valence-electron chi connectivity index (χ3n) is 4.56. The van der Waals surface area contributed by atoms with Crippen molar-refractivity contribution in [3.8, 4) is 11.3 Å². The predicted molar refractivity (Wildman–Crippen MR) is 124 cm³/mol. The minimum Gasteiger partial charge on any atom is -0.332 e. The molecule has 2 amide bonds. The SMILES string of the molecule is Cc1cccc(N(C(=O)NCC[N+](C)(C)C)c2nc(-c3cccc([N+](=O)[O-])c3)cs2)c1. The van der Waals surface area contributed by atoms with Crippen molar-refractivity contribution < 1.29 is 14.2 Å². The van der Waals surface area contributed by atoms with Crippen LogP contribution in [-0.2, 0) is 0 Å². The van der Waals surface area contributed by atoms with Crippen LogP contribution in [0.25, 0.3) is 11.3 Å². The Morgan fingerprint density at radius 1 is 1.19 bits per heavy atom. The molecule has 0 aliphatic rings. The highest BCUT2D eigenvalue weighted by Crippen LogP contribution is 2.33. The van der Waals surface area contributed by atoms with E-state index in [9.17, 15) is 14.9 Å². The van der Waals surface area contributed by atoms with Gasteiger partial charge in [0.15, 0.2) is 5.13 Å². The van der Waals surface area contributed by atoms with Gasteiger partial charge in [0.1, 0.15) is 0 Å². The van der Waals surface area contributed by atoms with Crippen LogP contribution in [0.2, 0.25) is 0 Å². The number of nitro benzene ring substituents is 1. The molecule has 0 radical (unpaired) electrons. The fourth-order valence-electron chi connectivity index (χ4n) is 2.94. The lowest BCUT2D eigenvalue weighted by molar-refractivity contribution is -0.869. The summed E-state index contributed by atoms with van der Waals surface area (Å²) >= 11 is 1.31. The van der Waals surface area contributed by atoms with Gasteiger partial charge in [-0.2, -0.15) is 0 Å². The number of amides is 2. The second kappa shape index (κ2) is 9.23. The maximum Gasteiger partial charge on any atom is 0.328 e. The number of nitrogens with zero attached hydrogens (tertiary/aromatic N) is 4. The van der Waals surface area contributed by atoms with Gasteiger partial charge in [-0.3, -0.25) is 10.1 Å². The first-order valence-corrected chi connectivity index (χ1v) is 10.7. The molecule has 0 fully saturated rings. The Morgan fingerprint density at radius 2 is 1.94 bits per heavy atom. The molecule has 3 rings (SSSR count). The largest absolute Gasteiger partial charge is 0.332 e. The number of anilines is 2. The zero-order chi connectivity index (χ0) is 22.6. The van der Waals surface area contributed by atoms with Crippen LogP contribution in [0.15, 0.2) is 53.9 Å². The molecule has 0 unspecified atom stereocenters. The summed E-state index contributed by atoms with van der Waals surface area (Å²) in [5.41, 5.74) is 2.95. The highest BCUT2D eigenvalue weighted by atomic mass is 32.1. The number of aromatic nitrogens is 1. The highest BCUT2D eigenvalue weighted by Gasteiger charge is 2.22. The van der Waals surface area contributed by atoms with Crippen molar-refractivity contribution in [2.75, 3.05) is 39.1 Å². The Labute approximate surface area is 185 Å². The van der Waals surface area contributed by atoms with E-state index >= 15 is 0 Å². The van der Waals surface area contributed by atoms with Crippen molar-refractivity contribution in [2.24, 2.45) is 0 Å². The van der Waals surface area contributed by atoms with E-state index in [2.05, 4.69) is 31.4 Å². The molecule has 31 heavy (non-hydrogen) atoms. The van der Waals surface area contributed by atoms with Gasteiger partial charge in [0, 0.05) is 23.1 Å². The van der Waals surface area contributed by atoms with E-state index in [1.165, 1.54) is 23.5 Å². The van der Waals surface area contributed by atoms with Crippen LogP contribution in [0, 0.1) is 17.0 Å². The maximum absolute atomic E-state index is 13.1. The number of nitrogens with one attached hydrogen (secondary N) is 1. The normalized spacial score (nSPS) is 11.2. The van der Waals surface area contributed by atoms with Crippen molar-refractivity contribution in [3.05, 3.63) is 69.6 Å². The van der Waals surface area contributed by atoms with Gasteiger partial charge in [0.25, 0.3) is 5.69 Å². The van der Waals surface area contributed by atoms with E-state index in [1.807, 2.05) is 31.2 Å². The van der Waals surface area contributed by atoms with Gasteiger partial charge in [-0.15, -0.1) is 11.3 Å². The van der Waals surface area contributed by atoms with Crippen molar-refractivity contribution in [2.45, 2.75) is 6.92 Å². The van der Waals surface area contributed by atoms with Crippen molar-refractivity contribution in [1.82, 2.24) is 10.3 Å². The Bertz CT molecular complexity index is 1090. The Kier molecular flexibility index (Phi) is 6.67. The first-order chi connectivity index (χ1) is 14.6. The number of hydrogen-bond donors (Lipinski definition) is 1. The van der Waals surface area contributed by atoms with E-state index in [0.717, 1.165) is 16.6 Å². The molecule has 0 spiro atoms. The smallest absolute Gasteiger partial charge is 0.328 e. The van der Waals surface area contributed by atoms with Crippen molar-refractivity contribution in [1.29, 1.82) is 0 Å². The Hall–Kier alpha value is -3.30. The summed E-state index contributed by atoms with van der Waals surface area (Å²) in [6, 6.07) is 13.7. The van der Waals surface area contributed by atoms with E-state index in [0.29, 0.717) is 28.6 Å². The number of quaternary nitrogens is 1. The summed E-state index contributed by atoms with van der Waals surface area (Å²) in [5, 5.41) is 16.4. The number of nitro groups is 1. The second-order valence-corrected chi connectivity index (χ2v) is 9.08.